The van der Waals surface area contributed by atoms with E-state index in [1.54, 1.807) is 0 Å². The summed E-state index contributed by atoms with van der Waals surface area (Å²) >= 11 is 0. The molecule has 3 fully saturated rings. The van der Waals surface area contributed by atoms with E-state index in [9.17, 15) is 4.79 Å². The molecule has 0 N–H and O–H groups in total. The number of hydrogen-bond donors (Lipinski definition) is 0. The third kappa shape index (κ3) is 3.66. The molecule has 156 valence electrons. The van der Waals surface area contributed by atoms with E-state index < -0.39 is 0 Å². The van der Waals surface area contributed by atoms with Gasteiger partial charge in [0.05, 0.1) is 12.0 Å². The summed E-state index contributed by atoms with van der Waals surface area (Å²) in [4.78, 5) is 18.1. The molecule has 1 amide bonds. The Kier molecular flexibility index (Phi) is 5.25. The maximum atomic E-state index is 13.3. The van der Waals surface area contributed by atoms with Crippen LogP contribution in [0.5, 0.6) is 0 Å². The molecule has 2 aliphatic heterocycles. The molecule has 1 saturated carbocycles. The Balaban J connectivity index is 1.31. The number of rotatable bonds is 4. The minimum Gasteiger partial charge on any atom is -0.375 e. The van der Waals surface area contributed by atoms with Crippen LogP contribution in [-0.4, -0.2) is 60.1 Å². The average molecular weight is 395 g/mol. The third-order valence-corrected chi connectivity index (χ3v) is 7.88. The summed E-state index contributed by atoms with van der Waals surface area (Å²) in [5.74, 6) is 0.269. The fraction of sp³-hybridized carbons (Fsp3) is 0.640. The van der Waals surface area contributed by atoms with Crippen molar-refractivity contribution in [2.75, 3.05) is 26.7 Å². The second-order valence-corrected chi connectivity index (χ2v) is 9.53. The minimum absolute atomic E-state index is 0.0839. The average Bonchev–Trinajstić information content (AvgIpc) is 3.50. The smallest absolute Gasteiger partial charge is 0.227 e. The quantitative estimate of drug-likeness (QED) is 0.773. The molecular weight excluding hydrogens is 360 g/mol. The Morgan fingerprint density at radius 3 is 2.83 bits per heavy atom. The summed E-state index contributed by atoms with van der Waals surface area (Å²) in [6.07, 6.45) is 12.0. The van der Waals surface area contributed by atoms with Crippen molar-refractivity contribution >= 4 is 11.5 Å². The lowest BCUT2D eigenvalue weighted by Crippen LogP contribution is -2.58. The maximum Gasteiger partial charge on any atom is 0.227 e. The lowest BCUT2D eigenvalue weighted by molar-refractivity contribution is -0.136. The first-order chi connectivity index (χ1) is 14.2. The monoisotopic (exact) mass is 394 g/mol. The summed E-state index contributed by atoms with van der Waals surface area (Å²) < 4.78 is 6.27. The third-order valence-electron chi connectivity index (χ3n) is 7.88. The van der Waals surface area contributed by atoms with Crippen molar-refractivity contribution in [2.24, 2.45) is 0 Å². The number of nitrogens with zero attached hydrogens (tertiary/aromatic N) is 2. The van der Waals surface area contributed by atoms with Gasteiger partial charge in [-0.2, -0.15) is 0 Å². The van der Waals surface area contributed by atoms with E-state index in [1.807, 2.05) is 7.05 Å². The van der Waals surface area contributed by atoms with Gasteiger partial charge in [-0.25, -0.2) is 0 Å². The van der Waals surface area contributed by atoms with Crippen LogP contribution in [-0.2, 0) is 16.0 Å². The van der Waals surface area contributed by atoms with Crippen LogP contribution in [0.2, 0.25) is 0 Å². The predicted molar refractivity (Wildman–Crippen MR) is 116 cm³/mol. The van der Waals surface area contributed by atoms with Crippen molar-refractivity contribution in [2.45, 2.75) is 75.5 Å². The zero-order chi connectivity index (χ0) is 19.8. The van der Waals surface area contributed by atoms with Crippen LogP contribution >= 0.6 is 0 Å². The van der Waals surface area contributed by atoms with Gasteiger partial charge in [0.15, 0.2) is 0 Å². The summed E-state index contributed by atoms with van der Waals surface area (Å²) in [6, 6.07) is 9.27. The van der Waals surface area contributed by atoms with Crippen molar-refractivity contribution in [3.05, 3.63) is 41.5 Å². The largest absolute Gasteiger partial charge is 0.375 e. The minimum atomic E-state index is 0.0839. The molecule has 1 spiro atoms. The van der Waals surface area contributed by atoms with Crippen LogP contribution in [0.15, 0.2) is 30.3 Å². The van der Waals surface area contributed by atoms with Crippen molar-refractivity contribution in [1.29, 1.82) is 0 Å². The van der Waals surface area contributed by atoms with E-state index in [2.05, 4.69) is 40.1 Å². The first-order valence-electron chi connectivity index (χ1n) is 11.6. The van der Waals surface area contributed by atoms with E-state index in [4.69, 9.17) is 4.74 Å². The Morgan fingerprint density at radius 1 is 1.21 bits per heavy atom. The van der Waals surface area contributed by atoms with E-state index in [0.29, 0.717) is 18.5 Å². The lowest BCUT2D eigenvalue weighted by Gasteiger charge is -2.48. The molecule has 0 radical (unpaired) electrons. The number of benzene rings is 1. The summed E-state index contributed by atoms with van der Waals surface area (Å²) in [7, 11) is 2.05. The van der Waals surface area contributed by atoms with Gasteiger partial charge in [0.2, 0.25) is 5.91 Å². The highest BCUT2D eigenvalue weighted by Gasteiger charge is 2.47. The second kappa shape index (κ2) is 7.88. The van der Waals surface area contributed by atoms with Gasteiger partial charge >= 0.3 is 0 Å². The number of carbonyl (C=O) groups is 1. The number of amides is 1. The molecule has 2 saturated heterocycles. The molecule has 0 unspecified atom stereocenters. The number of ether oxygens (including phenoxy) is 1. The van der Waals surface area contributed by atoms with Crippen LogP contribution in [0, 0.1) is 0 Å². The van der Waals surface area contributed by atoms with Crippen molar-refractivity contribution in [3.8, 4) is 0 Å². The summed E-state index contributed by atoms with van der Waals surface area (Å²) in [6.45, 7) is 3.27. The van der Waals surface area contributed by atoms with Gasteiger partial charge in [-0.3, -0.25) is 9.69 Å². The predicted octanol–water partition coefficient (Wildman–Crippen LogP) is 4.04. The van der Waals surface area contributed by atoms with Crippen LogP contribution in [0.1, 0.15) is 62.5 Å². The van der Waals surface area contributed by atoms with Gasteiger partial charge < -0.3 is 9.64 Å². The molecule has 4 nitrogen and oxygen atoms in total. The number of carbonyl (C=O) groups excluding carboxylic acids is 1. The molecule has 5 rings (SSSR count). The van der Waals surface area contributed by atoms with Crippen LogP contribution in [0.4, 0.5) is 0 Å². The summed E-state index contributed by atoms with van der Waals surface area (Å²) in [5.41, 5.74) is 3.92. The van der Waals surface area contributed by atoms with E-state index in [0.717, 1.165) is 32.3 Å². The van der Waals surface area contributed by atoms with Gasteiger partial charge in [-0.05, 0) is 81.2 Å². The molecular formula is C25H34N2O2. The molecule has 2 heterocycles. The molecule has 4 heteroatoms. The van der Waals surface area contributed by atoms with Crippen molar-refractivity contribution in [1.82, 2.24) is 9.80 Å². The highest BCUT2D eigenvalue weighted by Crippen LogP contribution is 2.43. The standard InChI is InChI=1S/C25H34N2O2/c1-26(24(28)17-20-10-9-19-7-2-3-8-21(19)20)22-11-13-25(12-6-16-29-25)18-23(22)27-14-4-5-15-27/h2-3,7-8,10,22-23H,4-6,9,11-18H2,1H3/t22-,23-,25-/m1/s1. The number of allylic oxidation sites excluding steroid dienone is 1. The van der Waals surface area contributed by atoms with Crippen LogP contribution < -0.4 is 0 Å². The van der Waals surface area contributed by atoms with Crippen molar-refractivity contribution < 1.29 is 9.53 Å². The molecule has 1 aromatic rings. The van der Waals surface area contributed by atoms with Crippen molar-refractivity contribution in [3.63, 3.8) is 0 Å². The Bertz CT molecular complexity index is 790. The first-order valence-corrected chi connectivity index (χ1v) is 11.6. The Morgan fingerprint density at radius 2 is 2.03 bits per heavy atom. The first kappa shape index (κ1) is 19.3. The Hall–Kier alpha value is -1.65. The fourth-order valence-corrected chi connectivity index (χ4v) is 6.23. The lowest BCUT2D eigenvalue weighted by atomic mass is 9.76. The number of hydrogen-bond acceptors (Lipinski definition) is 3. The zero-order valence-corrected chi connectivity index (χ0v) is 17.7. The fourth-order valence-electron chi connectivity index (χ4n) is 6.23. The van der Waals surface area contributed by atoms with Gasteiger partial charge in [-0.15, -0.1) is 0 Å². The van der Waals surface area contributed by atoms with Crippen LogP contribution in [0.25, 0.3) is 5.57 Å². The molecule has 4 aliphatic rings. The number of likely N-dealkylation sites (tertiary alicyclic amines) is 1. The van der Waals surface area contributed by atoms with Crippen LogP contribution in [0.3, 0.4) is 0 Å². The highest BCUT2D eigenvalue weighted by molar-refractivity contribution is 5.90. The molecule has 0 aromatic heterocycles. The van der Waals surface area contributed by atoms with Gasteiger partial charge in [0, 0.05) is 25.7 Å². The van der Waals surface area contributed by atoms with Gasteiger partial charge in [0.25, 0.3) is 0 Å². The van der Waals surface area contributed by atoms with E-state index in [1.165, 1.54) is 55.5 Å². The summed E-state index contributed by atoms with van der Waals surface area (Å²) in [5, 5.41) is 0. The van der Waals surface area contributed by atoms with E-state index in [-0.39, 0.29) is 11.5 Å². The SMILES string of the molecule is CN(C(=O)CC1=CCc2ccccc21)[C@@H]1CC[C@]2(CCCO2)C[C@H]1N1CCCC1. The highest BCUT2D eigenvalue weighted by atomic mass is 16.5. The Labute approximate surface area is 174 Å². The molecule has 2 aliphatic carbocycles. The molecule has 0 bridgehead atoms. The topological polar surface area (TPSA) is 32.8 Å². The number of fused-ring (bicyclic) bond motifs is 1. The zero-order valence-electron chi connectivity index (χ0n) is 17.7. The van der Waals surface area contributed by atoms with E-state index >= 15 is 0 Å². The normalized spacial score (nSPS) is 31.8. The molecule has 29 heavy (non-hydrogen) atoms. The van der Waals surface area contributed by atoms with Gasteiger partial charge in [-0.1, -0.05) is 30.3 Å². The molecule has 1 aromatic carbocycles. The van der Waals surface area contributed by atoms with Gasteiger partial charge in [0.1, 0.15) is 0 Å². The second-order valence-electron chi connectivity index (χ2n) is 9.53. The molecule has 3 atom stereocenters. The number of likely N-dealkylation sites (N-methyl/N-ethyl adjacent to an activating group) is 1. The maximum absolute atomic E-state index is 13.3.